The molecular weight excluding hydrogens is 832 g/mol. The first-order valence-corrected chi connectivity index (χ1v) is 18.4. The van der Waals surface area contributed by atoms with Gasteiger partial charge in [0, 0.05) is 13.0 Å². The summed E-state index contributed by atoms with van der Waals surface area (Å²) in [5.74, 6) is -7.31. The van der Waals surface area contributed by atoms with Crippen molar-refractivity contribution in [2.75, 3.05) is 26.2 Å². The Kier molecular flexibility index (Phi) is 28.2. The van der Waals surface area contributed by atoms with Crippen molar-refractivity contribution in [3.8, 4) is 5.75 Å². The number of hydrogen-bond acceptors (Lipinski definition) is 19. The van der Waals surface area contributed by atoms with Crippen LogP contribution in [0.1, 0.15) is 58.4 Å². The van der Waals surface area contributed by atoms with E-state index in [4.69, 9.17) is 67.5 Å². The summed E-state index contributed by atoms with van der Waals surface area (Å²) < 4.78 is 53.4. The van der Waals surface area contributed by atoms with Crippen LogP contribution in [0.4, 0.5) is 0 Å². The van der Waals surface area contributed by atoms with Gasteiger partial charge in [-0.3, -0.25) is 33.6 Å². The van der Waals surface area contributed by atoms with Gasteiger partial charge < -0.3 is 101 Å². The Morgan fingerprint density at radius 2 is 1.26 bits per heavy atom. The lowest BCUT2D eigenvalue weighted by Gasteiger charge is -2.07. The number of β-amino-alcohol motifs (C(OH)–C–C–N with tert-alkyl or cyclic N) is 1. The predicted molar refractivity (Wildman–Crippen MR) is 220 cm³/mol. The number of nitrogens with two attached hydrogens (primary N) is 6. The Hall–Kier alpha value is -5.13. The number of carboxylic acid groups (broad SMARTS) is 7. The van der Waals surface area contributed by atoms with Crippen LogP contribution < -0.4 is 45.0 Å². The zero-order valence-corrected chi connectivity index (χ0v) is 34.3. The average Bonchev–Trinajstić information content (AvgIpc) is 3.87. The molecule has 0 radical (unpaired) electrons. The molecule has 25 N–H and O–H groups in total. The van der Waals surface area contributed by atoms with Crippen molar-refractivity contribution < 1.29 is 101 Å². The van der Waals surface area contributed by atoms with Gasteiger partial charge in [-0.05, 0) is 75.7 Å². The average molecular weight is 909 g/mol. The first-order chi connectivity index (χ1) is 32.6. The van der Waals surface area contributed by atoms with Gasteiger partial charge in [-0.25, -0.2) is 0 Å². The van der Waals surface area contributed by atoms with Gasteiger partial charge in [-0.2, -0.15) is 0 Å². The number of benzene rings is 1. The highest BCUT2D eigenvalue weighted by Crippen LogP contribution is 2.11. The summed E-state index contributed by atoms with van der Waals surface area (Å²) in [6.45, 7) is 5.43. The summed E-state index contributed by atoms with van der Waals surface area (Å²) in [6.07, 6.45) is 1.09. The molecule has 360 valence electrons. The first kappa shape index (κ1) is 47.9. The quantitative estimate of drug-likeness (QED) is 0.0516. The summed E-state index contributed by atoms with van der Waals surface area (Å²) >= 11 is 0. The van der Waals surface area contributed by atoms with E-state index < -0.39 is 103 Å². The van der Waals surface area contributed by atoms with E-state index in [1.165, 1.54) is 19.1 Å². The lowest BCUT2D eigenvalue weighted by Crippen LogP contribution is -2.39. The number of aliphatic hydroxyl groups is 3. The fraction of sp³-hybridized carbons (Fsp3) is 0.639. The van der Waals surface area contributed by atoms with E-state index in [1.807, 2.05) is 17.2 Å². The van der Waals surface area contributed by atoms with Crippen molar-refractivity contribution >= 4 is 41.8 Å². The van der Waals surface area contributed by atoms with Crippen LogP contribution in [0.2, 0.25) is 11.3 Å². The third-order valence-electron chi connectivity index (χ3n) is 7.39. The van der Waals surface area contributed by atoms with Gasteiger partial charge in [0.2, 0.25) is 0 Å². The molecule has 26 nitrogen and oxygen atoms in total. The highest BCUT2D eigenvalue weighted by molar-refractivity contribution is 5.75. The Morgan fingerprint density at radius 1 is 0.742 bits per heavy atom. The van der Waals surface area contributed by atoms with Gasteiger partial charge in [0.05, 0.1) is 18.8 Å². The Labute approximate surface area is 369 Å². The molecule has 0 aromatic heterocycles. The molecule has 0 spiro atoms. The van der Waals surface area contributed by atoms with Crippen molar-refractivity contribution in [3.63, 3.8) is 0 Å². The van der Waals surface area contributed by atoms with Crippen molar-refractivity contribution in [2.45, 2.75) is 114 Å². The first-order valence-electron chi connectivity index (χ1n) is 22.3. The maximum Gasteiger partial charge on any atom is 0.323 e. The third-order valence-corrected chi connectivity index (χ3v) is 7.39. The monoisotopic (exact) mass is 909 g/mol. The molecule has 9 atom stereocenters. The minimum Gasteiger partial charge on any atom is -0.508 e. The zero-order chi connectivity index (χ0) is 55.3. The Balaban J connectivity index is -0.000000366. The summed E-state index contributed by atoms with van der Waals surface area (Å²) in [5, 5.41) is 95.2. The summed E-state index contributed by atoms with van der Waals surface area (Å²) in [6, 6.07) is 0.0228. The molecule has 0 saturated carbocycles. The van der Waals surface area contributed by atoms with Crippen molar-refractivity contribution in [1.29, 1.82) is 0 Å². The van der Waals surface area contributed by atoms with Crippen LogP contribution in [0, 0.1) is 5.92 Å². The number of aromatic hydroxyl groups is 1. The van der Waals surface area contributed by atoms with Gasteiger partial charge >= 0.3 is 41.8 Å². The van der Waals surface area contributed by atoms with E-state index in [9.17, 15) is 33.6 Å². The summed E-state index contributed by atoms with van der Waals surface area (Å²) in [4.78, 5) is 71.4. The van der Waals surface area contributed by atoms with E-state index >= 15 is 0 Å². The topological polar surface area (TPSA) is 522 Å². The lowest BCUT2D eigenvalue weighted by molar-refractivity contribution is -0.141. The van der Waals surface area contributed by atoms with Gasteiger partial charge in [0.1, 0.15) is 59.3 Å². The zero-order valence-electron chi connectivity index (χ0n) is 42.3. The van der Waals surface area contributed by atoms with Crippen molar-refractivity contribution in [3.05, 3.63) is 29.8 Å². The highest BCUT2D eigenvalue weighted by atomic mass is 16.4. The number of carboxylic acids is 7. The second-order valence-corrected chi connectivity index (χ2v) is 13.2. The SMILES string of the molecule is [2H]N1CCC[C@H]1C(=O)O.[2H]N1C[C@@H](O)CC1C(=O)O.[2H]NCCC[C@H](N[2H])C(=O)O.[2H]N[C@@H](CO)C(=O)O.[2H]N[C@@H](Cc1ccc(O)cc1)C(=O)O.[2H]N[C@H](C(=O)O)C(C)C.[2H]N[C@H](C(=O)O)C(C)O. The van der Waals surface area contributed by atoms with Gasteiger partial charge in [0.15, 0.2) is 0 Å². The van der Waals surface area contributed by atoms with Crippen LogP contribution in [0.5, 0.6) is 5.75 Å². The lowest BCUT2D eigenvalue weighted by atomic mass is 10.1. The Bertz CT molecular complexity index is 1590. The molecule has 1 aromatic carbocycles. The van der Waals surface area contributed by atoms with Crippen LogP contribution in [-0.4, -0.2) is 179 Å². The predicted octanol–water partition coefficient (Wildman–Crippen LogP) is -4.68. The number of nitrogens with one attached hydrogen (secondary N) is 2. The second kappa shape index (κ2) is 36.5. The maximum absolute atomic E-state index is 10.6. The number of rotatable bonds is 21. The van der Waals surface area contributed by atoms with Crippen molar-refractivity contribution in [2.24, 2.45) is 40.3 Å². The molecule has 0 bridgehead atoms. The molecule has 3 rings (SSSR count). The number of phenols is 1. The largest absolute Gasteiger partial charge is 0.508 e. The van der Waals surface area contributed by atoms with Crippen LogP contribution in [0.3, 0.4) is 0 Å². The minimum absolute atomic E-state index is 0.0417. The molecule has 2 saturated heterocycles. The van der Waals surface area contributed by atoms with E-state index in [-0.39, 0.29) is 31.1 Å². The van der Waals surface area contributed by atoms with Crippen LogP contribution in [0.25, 0.3) is 0 Å². The number of carbonyl (C=O) groups is 7. The number of phenolic OH excluding ortho intramolecular Hbond substituents is 1. The fourth-order valence-electron chi connectivity index (χ4n) is 3.61. The summed E-state index contributed by atoms with van der Waals surface area (Å²) in [7, 11) is 0. The smallest absolute Gasteiger partial charge is 0.323 e. The standard InChI is InChI=1S/C9H11NO3.C5H12N2O2.C5H9NO3.C5H9NO2.C5H11NO2.C4H9NO3.C3H7NO3/c10-8(9(12)13)5-6-1-3-7(11)4-2-6;6-3-1-2-4(7)5(8)9;7-3-1-4(5(8)9)6-2-3;7-5(8)4-2-1-3-6-4;1-3(2)4(6)5(7)8;1-2(6)3(5)4(7)8;4-2(1-5)3(6)7/h1-4,8,11H,5,10H2,(H,12,13);4H,1-3,6-7H2,(H,8,9);3-4,6-7H,1-2H2,(H,8,9);4,6H,1-3H2,(H,7,8);3-4H,6H2,1-2H3,(H,7,8);2-3,6H,5H2,1H3,(H,7,8);2,5H,1,4H2,(H,6,7)/t8-;4-;3-,4?;2*4-;2?,3-;2-/m0000000/s1/i/hD8. The minimum atomic E-state index is -1.22. The maximum atomic E-state index is 10.6. The van der Waals surface area contributed by atoms with Gasteiger partial charge in [-0.1, -0.05) is 26.0 Å². The van der Waals surface area contributed by atoms with Gasteiger partial charge in [0.25, 0.3) is 0 Å². The molecule has 26 heteroatoms. The highest BCUT2D eigenvalue weighted by Gasteiger charge is 2.27. The molecule has 2 heterocycles. The number of aliphatic hydroxyl groups excluding tert-OH is 3. The molecule has 1 aromatic rings. The molecule has 0 amide bonds. The molecule has 0 aliphatic carbocycles. The van der Waals surface area contributed by atoms with Gasteiger partial charge in [-0.15, -0.1) is 0 Å². The molecule has 62 heavy (non-hydrogen) atoms. The summed E-state index contributed by atoms with van der Waals surface area (Å²) in [5.41, 5.74) is 12.1. The van der Waals surface area contributed by atoms with Crippen LogP contribution in [0.15, 0.2) is 24.3 Å². The second-order valence-electron chi connectivity index (χ2n) is 13.2. The molecule has 2 aliphatic rings. The molecule has 2 unspecified atom stereocenters. The normalized spacial score (nSPS) is 21.1. The number of hydrogen-bond donors (Lipinski definition) is 19. The van der Waals surface area contributed by atoms with E-state index in [1.54, 1.807) is 37.4 Å². The number of aliphatic carboxylic acids is 7. The molecule has 2 fully saturated rings. The van der Waals surface area contributed by atoms with E-state index in [0.717, 1.165) is 22.6 Å². The van der Waals surface area contributed by atoms with E-state index in [0.29, 0.717) is 32.4 Å². The fourth-order valence-corrected chi connectivity index (χ4v) is 3.61. The van der Waals surface area contributed by atoms with Crippen LogP contribution in [-0.2, 0) is 40.0 Å². The molecular formula is C36H68N8O18. The molecule has 2 aliphatic heterocycles. The third kappa shape index (κ3) is 35.6. The van der Waals surface area contributed by atoms with E-state index in [2.05, 4.69) is 5.73 Å². The van der Waals surface area contributed by atoms with Crippen molar-refractivity contribution in [1.82, 2.24) is 10.6 Å². The Morgan fingerprint density at radius 3 is 1.48 bits per heavy atom. The van der Waals surface area contributed by atoms with Crippen LogP contribution >= 0.6 is 0 Å².